The minimum absolute atomic E-state index is 0.0580. The quantitative estimate of drug-likeness (QED) is 0.399. The van der Waals surface area contributed by atoms with Gasteiger partial charge in [0, 0.05) is 12.1 Å². The minimum atomic E-state index is 0.0580. The predicted octanol–water partition coefficient (Wildman–Crippen LogP) is 2.45. The van der Waals surface area contributed by atoms with E-state index in [1.165, 1.54) is 6.08 Å². The Morgan fingerprint density at radius 2 is 2.05 bits per heavy atom. The van der Waals surface area contributed by atoms with E-state index in [0.717, 1.165) is 12.8 Å². The van der Waals surface area contributed by atoms with Gasteiger partial charge in [-0.25, -0.2) is 4.99 Å². The van der Waals surface area contributed by atoms with Gasteiger partial charge < -0.3 is 14.9 Å². The Morgan fingerprint density at radius 1 is 1.48 bits per heavy atom. The molecule has 0 saturated carbocycles. The molecule has 1 rings (SSSR count). The van der Waals surface area contributed by atoms with Crippen LogP contribution in [0.2, 0.25) is 0 Å². The lowest BCUT2D eigenvalue weighted by Crippen LogP contribution is -2.41. The van der Waals surface area contributed by atoms with Gasteiger partial charge in [0.15, 0.2) is 0 Å². The molecule has 0 unspecified atom stereocenters. The number of nitrogens with two attached hydrogens (primary N) is 1. The molecule has 1 aliphatic rings. The van der Waals surface area contributed by atoms with E-state index in [1.807, 2.05) is 13.8 Å². The Kier molecular flexibility index (Phi) is 6.87. The third kappa shape index (κ3) is 5.49. The van der Waals surface area contributed by atoms with Crippen molar-refractivity contribution >= 4 is 24.0 Å². The van der Waals surface area contributed by atoms with E-state index in [0.29, 0.717) is 11.6 Å². The van der Waals surface area contributed by atoms with Gasteiger partial charge in [-0.05, 0) is 40.3 Å². The zero-order valence-electron chi connectivity index (χ0n) is 12.6. The Balaban J connectivity index is 2.83. The summed E-state index contributed by atoms with van der Waals surface area (Å²) in [4.78, 5) is 8.41. The number of aliphatic imine (C=N–C) groups is 1. The molecule has 118 valence electrons. The van der Waals surface area contributed by atoms with Gasteiger partial charge >= 0.3 is 0 Å². The van der Waals surface area contributed by atoms with E-state index in [2.05, 4.69) is 21.9 Å². The summed E-state index contributed by atoms with van der Waals surface area (Å²) in [5.74, 6) is 5.79. The van der Waals surface area contributed by atoms with Gasteiger partial charge in [0.1, 0.15) is 16.6 Å². The van der Waals surface area contributed by atoms with Gasteiger partial charge in [-0.1, -0.05) is 11.6 Å². The molecule has 1 heterocycles. The van der Waals surface area contributed by atoms with Crippen LogP contribution in [0.1, 0.15) is 33.6 Å². The zero-order chi connectivity index (χ0) is 16.0. The van der Waals surface area contributed by atoms with Crippen LogP contribution in [0.15, 0.2) is 27.7 Å². The summed E-state index contributed by atoms with van der Waals surface area (Å²) in [7, 11) is 0. The van der Waals surface area contributed by atoms with Crippen LogP contribution in [0.5, 0.6) is 0 Å². The van der Waals surface area contributed by atoms with Gasteiger partial charge in [0.2, 0.25) is 0 Å². The lowest BCUT2D eigenvalue weighted by atomic mass is 10.00. The molecule has 0 radical (unpaired) electrons. The van der Waals surface area contributed by atoms with Crippen LogP contribution < -0.4 is 11.2 Å². The summed E-state index contributed by atoms with van der Waals surface area (Å²) in [6.07, 6.45) is 3.46. The molecule has 4 N–H and O–H groups in total. The van der Waals surface area contributed by atoms with Crippen molar-refractivity contribution in [1.82, 2.24) is 5.32 Å². The van der Waals surface area contributed by atoms with Crippen molar-refractivity contribution in [3.63, 3.8) is 0 Å². The molecule has 0 aromatic rings. The highest BCUT2D eigenvalue weighted by molar-refractivity contribution is 6.45. The molecule has 6 nitrogen and oxygen atoms in total. The van der Waals surface area contributed by atoms with Crippen LogP contribution in [0.25, 0.3) is 0 Å². The average molecular weight is 315 g/mol. The first kappa shape index (κ1) is 17.7. The van der Waals surface area contributed by atoms with Crippen molar-refractivity contribution in [3.8, 4) is 0 Å². The maximum atomic E-state index is 7.90. The first-order valence-electron chi connectivity index (χ1n) is 6.79. The molecule has 1 aliphatic heterocycles. The summed E-state index contributed by atoms with van der Waals surface area (Å²) in [5, 5.41) is 11.3. The third-order valence-corrected chi connectivity index (χ3v) is 3.56. The van der Waals surface area contributed by atoms with Gasteiger partial charge in [-0.15, -0.1) is 0 Å². The van der Waals surface area contributed by atoms with Crippen molar-refractivity contribution in [2.24, 2.45) is 10.9 Å². The summed E-state index contributed by atoms with van der Waals surface area (Å²) in [5.41, 5.74) is 0.0580. The monoisotopic (exact) mass is 314 g/mol. The van der Waals surface area contributed by atoms with E-state index < -0.39 is 0 Å². The largest absolute Gasteiger partial charge is 0.416 e. The smallest absolute Gasteiger partial charge is 0.146 e. The Morgan fingerprint density at radius 3 is 2.52 bits per heavy atom. The molecule has 1 saturated heterocycles. The Hall–Kier alpha value is -1.37. The molecule has 1 fully saturated rings. The zero-order valence-corrected chi connectivity index (χ0v) is 13.4. The summed E-state index contributed by atoms with van der Waals surface area (Å²) >= 11 is 6.18. The number of hydrogen-bond acceptors (Lipinski definition) is 6. The standard InChI is InChI=1S/C14H23ClN4O2/c1-8-5-11(6-9(2)20-8)19-14(18-4)13(15)12(16)7-10(3)21-17/h7-9,11,16,19H,4-6,17H2,1-3H3/b10-7+,14-13-,16-12?/t8-,9+,11+. The van der Waals surface area contributed by atoms with Gasteiger partial charge in [-0.2, -0.15) is 5.90 Å². The fraction of sp³-hybridized carbons (Fsp3) is 0.571. The van der Waals surface area contributed by atoms with Crippen molar-refractivity contribution in [2.45, 2.75) is 51.9 Å². The third-order valence-electron chi connectivity index (χ3n) is 3.17. The molecular formula is C14H23ClN4O2. The molecule has 0 spiro atoms. The first-order chi connectivity index (χ1) is 9.87. The fourth-order valence-electron chi connectivity index (χ4n) is 2.32. The number of allylic oxidation sites excluding steroid dienone is 3. The second-order valence-electron chi connectivity index (χ2n) is 5.18. The normalized spacial score (nSPS) is 27.7. The maximum absolute atomic E-state index is 7.90. The van der Waals surface area contributed by atoms with Gasteiger partial charge in [-0.3, -0.25) is 5.41 Å². The summed E-state index contributed by atoms with van der Waals surface area (Å²) in [6.45, 7) is 9.20. The summed E-state index contributed by atoms with van der Waals surface area (Å²) < 4.78 is 5.69. The molecule has 0 aromatic heterocycles. The highest BCUT2D eigenvalue weighted by atomic mass is 35.5. The highest BCUT2D eigenvalue weighted by Gasteiger charge is 2.25. The van der Waals surface area contributed by atoms with Crippen LogP contribution in [0.3, 0.4) is 0 Å². The van der Waals surface area contributed by atoms with E-state index in [1.54, 1.807) is 6.92 Å². The lowest BCUT2D eigenvalue weighted by Gasteiger charge is -2.33. The second kappa shape index (κ2) is 8.17. The number of ether oxygens (including phenoxy) is 1. The van der Waals surface area contributed by atoms with Crippen LogP contribution in [0.4, 0.5) is 0 Å². The molecule has 3 atom stereocenters. The van der Waals surface area contributed by atoms with Crippen LogP contribution in [0, 0.1) is 5.41 Å². The lowest BCUT2D eigenvalue weighted by molar-refractivity contribution is -0.0406. The topological polar surface area (TPSA) is 92.7 Å². The molecule has 0 bridgehead atoms. The maximum Gasteiger partial charge on any atom is 0.146 e. The number of halogens is 1. The minimum Gasteiger partial charge on any atom is -0.416 e. The molecular weight excluding hydrogens is 292 g/mol. The van der Waals surface area contributed by atoms with Crippen molar-refractivity contribution in [1.29, 1.82) is 5.41 Å². The van der Waals surface area contributed by atoms with Crippen molar-refractivity contribution in [2.75, 3.05) is 0 Å². The number of nitrogens with zero attached hydrogens (tertiary/aromatic N) is 1. The summed E-state index contributed by atoms with van der Waals surface area (Å²) in [6, 6.07) is 0.182. The van der Waals surface area contributed by atoms with Gasteiger partial charge in [0.25, 0.3) is 0 Å². The molecule has 7 heteroatoms. The highest BCUT2D eigenvalue weighted by Crippen LogP contribution is 2.21. The van der Waals surface area contributed by atoms with Crippen molar-refractivity contribution < 1.29 is 9.57 Å². The van der Waals surface area contributed by atoms with E-state index >= 15 is 0 Å². The van der Waals surface area contributed by atoms with Crippen LogP contribution >= 0.6 is 11.6 Å². The van der Waals surface area contributed by atoms with Crippen molar-refractivity contribution in [3.05, 3.63) is 22.7 Å². The number of nitrogens with one attached hydrogen (secondary N) is 2. The van der Waals surface area contributed by atoms with Crippen LogP contribution in [-0.2, 0) is 9.57 Å². The van der Waals surface area contributed by atoms with E-state index in [-0.39, 0.29) is 29.0 Å². The molecule has 0 aliphatic carbocycles. The molecule has 21 heavy (non-hydrogen) atoms. The second-order valence-corrected chi connectivity index (χ2v) is 5.56. The number of hydrogen-bond donors (Lipinski definition) is 3. The molecule has 0 amide bonds. The average Bonchev–Trinajstić information content (AvgIpc) is 2.42. The number of rotatable bonds is 6. The SMILES string of the molecule is C=N/C(N[C@H]1C[C@@H](C)O[C@@H](C)C1)=C(/Cl)C(=N)/C=C(\C)ON. The van der Waals surface area contributed by atoms with Gasteiger partial charge in [0.05, 0.1) is 17.9 Å². The first-order valence-corrected chi connectivity index (χ1v) is 7.17. The Labute approximate surface area is 130 Å². The fourth-order valence-corrected chi connectivity index (χ4v) is 2.49. The van der Waals surface area contributed by atoms with E-state index in [4.69, 9.17) is 27.6 Å². The molecule has 0 aromatic carbocycles. The van der Waals surface area contributed by atoms with E-state index in [9.17, 15) is 0 Å². The Bertz CT molecular complexity index is 452. The predicted molar refractivity (Wildman–Crippen MR) is 85.4 cm³/mol. The van der Waals surface area contributed by atoms with Crippen LogP contribution in [-0.4, -0.2) is 30.7 Å².